The van der Waals surface area contributed by atoms with E-state index in [1.54, 1.807) is 12.4 Å². The summed E-state index contributed by atoms with van der Waals surface area (Å²) in [5.74, 6) is 0.232. The minimum Gasteiger partial charge on any atom is -0.483 e. The minimum atomic E-state index is -0.800. The van der Waals surface area contributed by atoms with E-state index in [2.05, 4.69) is 24.3 Å². The van der Waals surface area contributed by atoms with Crippen LogP contribution < -0.4 is 15.6 Å². The van der Waals surface area contributed by atoms with Crippen LogP contribution in [-0.2, 0) is 15.9 Å². The highest BCUT2D eigenvalue weighted by Gasteiger charge is 2.25. The molecule has 0 amide bonds. The molecule has 160 valence electrons. The number of hydrogen-bond donors (Lipinski definition) is 0. The van der Waals surface area contributed by atoms with Gasteiger partial charge in [-0.15, -0.1) is 0 Å². The zero-order valence-corrected chi connectivity index (χ0v) is 18.1. The molecule has 4 aromatic rings. The van der Waals surface area contributed by atoms with Gasteiger partial charge in [0.2, 0.25) is 5.43 Å². The Morgan fingerprint density at radius 1 is 0.781 bits per heavy atom. The van der Waals surface area contributed by atoms with Gasteiger partial charge in [-0.2, -0.15) is 0 Å². The highest BCUT2D eigenvalue weighted by molar-refractivity contribution is 6.61. The summed E-state index contributed by atoms with van der Waals surface area (Å²) in [7, 11) is 2.21. The molecule has 0 saturated carbocycles. The summed E-state index contributed by atoms with van der Waals surface area (Å²) < 4.78 is 18.6. The van der Waals surface area contributed by atoms with Gasteiger partial charge in [0, 0.05) is 26.1 Å². The number of pyridine rings is 1. The molecule has 32 heavy (non-hydrogen) atoms. The Hall–Kier alpha value is -3.61. The Balaban J connectivity index is 1.76. The van der Waals surface area contributed by atoms with E-state index in [-0.39, 0.29) is 17.8 Å². The standard InChI is InChI=1S/C26H24BNO4/c1-30-27(31-2)24-17-28(18-25(26(24)29)32-19-20-10-5-3-6-11-20)23-15-9-14-22(16-23)21-12-7-4-8-13-21/h3-18H,19H2,1-2H3. The van der Waals surface area contributed by atoms with E-state index >= 15 is 0 Å². The van der Waals surface area contributed by atoms with Crippen molar-refractivity contribution in [2.24, 2.45) is 0 Å². The van der Waals surface area contributed by atoms with Gasteiger partial charge in [-0.05, 0) is 28.8 Å². The summed E-state index contributed by atoms with van der Waals surface area (Å²) in [5.41, 5.74) is 4.16. The van der Waals surface area contributed by atoms with E-state index in [0.717, 1.165) is 22.4 Å². The highest BCUT2D eigenvalue weighted by Crippen LogP contribution is 2.22. The molecule has 0 unspecified atom stereocenters. The second kappa shape index (κ2) is 10.1. The van der Waals surface area contributed by atoms with Crippen molar-refractivity contribution in [2.45, 2.75) is 6.61 Å². The third-order valence-corrected chi connectivity index (χ3v) is 5.19. The molecule has 1 aromatic heterocycles. The summed E-state index contributed by atoms with van der Waals surface area (Å²) in [6.45, 7) is 0.286. The summed E-state index contributed by atoms with van der Waals surface area (Å²) in [6.07, 6.45) is 3.45. The highest BCUT2D eigenvalue weighted by atomic mass is 16.6. The average molecular weight is 425 g/mol. The van der Waals surface area contributed by atoms with E-state index in [0.29, 0.717) is 5.46 Å². The molecular formula is C26H24BNO4. The van der Waals surface area contributed by atoms with E-state index in [1.807, 2.05) is 65.2 Å². The molecule has 0 aliphatic carbocycles. The SMILES string of the molecule is COB(OC)c1cn(-c2cccc(-c3ccccc3)c2)cc(OCc2ccccc2)c1=O. The van der Waals surface area contributed by atoms with Crippen LogP contribution >= 0.6 is 0 Å². The zero-order chi connectivity index (χ0) is 22.3. The van der Waals surface area contributed by atoms with E-state index < -0.39 is 7.12 Å². The average Bonchev–Trinajstić information content (AvgIpc) is 2.86. The Kier molecular flexibility index (Phi) is 6.85. The van der Waals surface area contributed by atoms with Crippen LogP contribution in [0.2, 0.25) is 0 Å². The van der Waals surface area contributed by atoms with Gasteiger partial charge in [-0.1, -0.05) is 72.8 Å². The van der Waals surface area contributed by atoms with Gasteiger partial charge >= 0.3 is 7.12 Å². The quantitative estimate of drug-likeness (QED) is 0.400. The van der Waals surface area contributed by atoms with Crippen LogP contribution in [0, 0.1) is 0 Å². The normalized spacial score (nSPS) is 10.7. The lowest BCUT2D eigenvalue weighted by molar-refractivity contribution is 0.288. The van der Waals surface area contributed by atoms with Gasteiger partial charge in [-0.25, -0.2) is 0 Å². The zero-order valence-electron chi connectivity index (χ0n) is 18.1. The molecule has 1 heterocycles. The van der Waals surface area contributed by atoms with E-state index in [4.69, 9.17) is 14.0 Å². The number of nitrogens with zero attached hydrogens (tertiary/aromatic N) is 1. The molecular weight excluding hydrogens is 401 g/mol. The first-order valence-corrected chi connectivity index (χ1v) is 10.3. The van der Waals surface area contributed by atoms with Gasteiger partial charge in [0.1, 0.15) is 6.61 Å². The molecule has 0 atom stereocenters. The fourth-order valence-corrected chi connectivity index (χ4v) is 3.55. The molecule has 3 aromatic carbocycles. The summed E-state index contributed by atoms with van der Waals surface area (Å²) >= 11 is 0. The molecule has 0 spiro atoms. The van der Waals surface area contributed by atoms with Crippen molar-refractivity contribution in [3.63, 3.8) is 0 Å². The van der Waals surface area contributed by atoms with Gasteiger partial charge < -0.3 is 18.6 Å². The monoisotopic (exact) mass is 425 g/mol. The van der Waals surface area contributed by atoms with Crippen LogP contribution in [0.4, 0.5) is 0 Å². The third-order valence-electron chi connectivity index (χ3n) is 5.19. The maximum absolute atomic E-state index is 13.1. The van der Waals surface area contributed by atoms with Crippen LogP contribution in [0.15, 0.2) is 102 Å². The second-order valence-corrected chi connectivity index (χ2v) is 7.31. The van der Waals surface area contributed by atoms with Crippen LogP contribution in [0.3, 0.4) is 0 Å². The Morgan fingerprint density at radius 3 is 2.12 bits per heavy atom. The first-order valence-electron chi connectivity index (χ1n) is 10.3. The largest absolute Gasteiger partial charge is 0.499 e. The fraction of sp³-hybridized carbons (Fsp3) is 0.115. The molecule has 0 N–H and O–H groups in total. The van der Waals surface area contributed by atoms with Crippen molar-refractivity contribution in [3.05, 3.63) is 113 Å². The minimum absolute atomic E-state index is 0.232. The molecule has 0 aliphatic rings. The van der Waals surface area contributed by atoms with Crippen LogP contribution in [0.5, 0.6) is 5.75 Å². The lowest BCUT2D eigenvalue weighted by Crippen LogP contribution is -2.45. The van der Waals surface area contributed by atoms with Gasteiger partial charge in [0.05, 0.1) is 11.7 Å². The lowest BCUT2D eigenvalue weighted by atomic mass is 9.79. The topological polar surface area (TPSA) is 49.7 Å². The van der Waals surface area contributed by atoms with Gasteiger partial charge in [0.15, 0.2) is 5.75 Å². The molecule has 5 nitrogen and oxygen atoms in total. The van der Waals surface area contributed by atoms with Crippen molar-refractivity contribution < 1.29 is 14.0 Å². The lowest BCUT2D eigenvalue weighted by Gasteiger charge is -2.16. The fourth-order valence-electron chi connectivity index (χ4n) is 3.55. The third kappa shape index (κ3) is 4.83. The van der Waals surface area contributed by atoms with Gasteiger partial charge in [-0.3, -0.25) is 4.79 Å². The summed E-state index contributed by atoms with van der Waals surface area (Å²) in [6, 6.07) is 28.0. The Morgan fingerprint density at radius 2 is 1.44 bits per heavy atom. The molecule has 4 rings (SSSR count). The van der Waals surface area contributed by atoms with Gasteiger partial charge in [0.25, 0.3) is 0 Å². The number of rotatable bonds is 8. The van der Waals surface area contributed by atoms with Crippen molar-refractivity contribution in [2.75, 3.05) is 14.2 Å². The Labute approximate surface area is 188 Å². The maximum Gasteiger partial charge on any atom is 0.499 e. The van der Waals surface area contributed by atoms with Crippen molar-refractivity contribution >= 4 is 12.6 Å². The van der Waals surface area contributed by atoms with Crippen molar-refractivity contribution in [1.82, 2.24) is 4.57 Å². The molecule has 0 radical (unpaired) electrons. The first kappa shape index (κ1) is 21.6. The van der Waals surface area contributed by atoms with E-state index in [1.165, 1.54) is 14.2 Å². The molecule has 0 saturated heterocycles. The second-order valence-electron chi connectivity index (χ2n) is 7.31. The molecule has 0 aliphatic heterocycles. The predicted molar refractivity (Wildman–Crippen MR) is 128 cm³/mol. The Bertz CT molecular complexity index is 1220. The summed E-state index contributed by atoms with van der Waals surface area (Å²) in [4.78, 5) is 13.1. The molecule has 0 bridgehead atoms. The van der Waals surface area contributed by atoms with Crippen LogP contribution in [0.1, 0.15) is 5.56 Å². The van der Waals surface area contributed by atoms with Crippen LogP contribution in [0.25, 0.3) is 16.8 Å². The summed E-state index contributed by atoms with van der Waals surface area (Å²) in [5, 5.41) is 0. The number of aromatic nitrogens is 1. The number of hydrogen-bond acceptors (Lipinski definition) is 4. The molecule has 0 fully saturated rings. The maximum atomic E-state index is 13.1. The number of ether oxygens (including phenoxy) is 1. The smallest absolute Gasteiger partial charge is 0.483 e. The molecule has 6 heteroatoms. The predicted octanol–water partition coefficient (Wildman–Crippen LogP) is 4.07. The van der Waals surface area contributed by atoms with Crippen molar-refractivity contribution in [3.8, 4) is 22.6 Å². The number of benzene rings is 3. The van der Waals surface area contributed by atoms with E-state index in [9.17, 15) is 4.79 Å². The van der Waals surface area contributed by atoms with Crippen molar-refractivity contribution in [1.29, 1.82) is 0 Å². The van der Waals surface area contributed by atoms with Crippen LogP contribution in [-0.4, -0.2) is 25.9 Å². The first-order chi connectivity index (χ1) is 15.7.